The van der Waals surface area contributed by atoms with Gasteiger partial charge in [-0.25, -0.2) is 4.52 Å². The summed E-state index contributed by atoms with van der Waals surface area (Å²) in [5, 5.41) is 12.1. The van der Waals surface area contributed by atoms with Crippen LogP contribution in [0.5, 0.6) is 0 Å². The molecule has 3 rings (SSSR count). The van der Waals surface area contributed by atoms with E-state index in [2.05, 4.69) is 20.5 Å². The highest BCUT2D eigenvalue weighted by molar-refractivity contribution is 6.30. The van der Waals surface area contributed by atoms with E-state index in [9.17, 15) is 0 Å². The Labute approximate surface area is 108 Å². The fourth-order valence-corrected chi connectivity index (χ4v) is 1.83. The second-order valence-electron chi connectivity index (χ2n) is 3.96. The Morgan fingerprint density at radius 1 is 1.33 bits per heavy atom. The third-order valence-corrected chi connectivity index (χ3v) is 2.73. The maximum absolute atomic E-state index is 5.88. The lowest BCUT2D eigenvalue weighted by atomic mass is 10.4. The molecule has 0 unspecified atom stereocenters. The van der Waals surface area contributed by atoms with Crippen LogP contribution in [0.2, 0.25) is 5.02 Å². The molecule has 3 heterocycles. The molecule has 0 aliphatic carbocycles. The SMILES string of the molecule is Cn1cc(CNc2nc3ccc(Cl)cn3n2)cn1. The zero-order valence-electron chi connectivity index (χ0n) is 9.71. The van der Waals surface area contributed by atoms with E-state index in [1.165, 1.54) is 0 Å². The highest BCUT2D eigenvalue weighted by Crippen LogP contribution is 2.11. The van der Waals surface area contributed by atoms with Crippen LogP contribution in [0.1, 0.15) is 5.56 Å². The van der Waals surface area contributed by atoms with Crippen molar-refractivity contribution in [2.24, 2.45) is 7.05 Å². The van der Waals surface area contributed by atoms with Crippen LogP contribution >= 0.6 is 11.6 Å². The van der Waals surface area contributed by atoms with Gasteiger partial charge in [-0.1, -0.05) is 11.6 Å². The molecule has 0 amide bonds. The first-order valence-electron chi connectivity index (χ1n) is 5.44. The van der Waals surface area contributed by atoms with Gasteiger partial charge in [0.25, 0.3) is 0 Å². The highest BCUT2D eigenvalue weighted by atomic mass is 35.5. The molecule has 0 aliphatic rings. The lowest BCUT2D eigenvalue weighted by molar-refractivity contribution is 0.767. The van der Waals surface area contributed by atoms with Crippen molar-refractivity contribution in [3.63, 3.8) is 0 Å². The molecule has 7 heteroatoms. The van der Waals surface area contributed by atoms with Crippen LogP contribution in [-0.4, -0.2) is 24.4 Å². The van der Waals surface area contributed by atoms with Gasteiger partial charge < -0.3 is 5.32 Å². The summed E-state index contributed by atoms with van der Waals surface area (Å²) in [6, 6.07) is 3.61. The van der Waals surface area contributed by atoms with Gasteiger partial charge in [0.05, 0.1) is 11.2 Å². The van der Waals surface area contributed by atoms with Crippen LogP contribution in [0.15, 0.2) is 30.7 Å². The number of hydrogen-bond acceptors (Lipinski definition) is 4. The minimum absolute atomic E-state index is 0.570. The van der Waals surface area contributed by atoms with E-state index in [1.54, 1.807) is 27.7 Å². The fraction of sp³-hybridized carbons (Fsp3) is 0.182. The molecule has 0 saturated carbocycles. The maximum atomic E-state index is 5.88. The Balaban J connectivity index is 1.78. The molecule has 6 nitrogen and oxygen atoms in total. The van der Waals surface area contributed by atoms with E-state index in [0.717, 1.165) is 11.2 Å². The molecule has 1 N–H and O–H groups in total. The maximum Gasteiger partial charge on any atom is 0.243 e. The molecule has 0 aromatic carbocycles. The standard InChI is InChI=1S/C11H11ClN6/c1-17-6-8(5-14-17)4-13-11-15-10-3-2-9(12)7-18(10)16-11/h2-3,5-7H,4H2,1H3,(H,13,16). The van der Waals surface area contributed by atoms with Gasteiger partial charge in [0.15, 0.2) is 5.65 Å². The number of rotatable bonds is 3. The Bertz CT molecular complexity index is 686. The van der Waals surface area contributed by atoms with Gasteiger partial charge in [0.2, 0.25) is 5.95 Å². The van der Waals surface area contributed by atoms with Crippen molar-refractivity contribution < 1.29 is 0 Å². The van der Waals surface area contributed by atoms with Gasteiger partial charge in [0.1, 0.15) is 0 Å². The monoisotopic (exact) mass is 262 g/mol. The van der Waals surface area contributed by atoms with E-state index < -0.39 is 0 Å². The number of nitrogens with zero attached hydrogens (tertiary/aromatic N) is 5. The molecule has 0 fully saturated rings. The number of hydrogen-bond donors (Lipinski definition) is 1. The summed E-state index contributed by atoms with van der Waals surface area (Å²) in [7, 11) is 1.88. The quantitative estimate of drug-likeness (QED) is 0.781. The third-order valence-electron chi connectivity index (χ3n) is 2.50. The van der Waals surface area contributed by atoms with Crippen molar-refractivity contribution in [2.45, 2.75) is 6.54 Å². The fourth-order valence-electron chi connectivity index (χ4n) is 1.68. The summed E-state index contributed by atoms with van der Waals surface area (Å²) >= 11 is 5.88. The van der Waals surface area contributed by atoms with Crippen LogP contribution in [0.4, 0.5) is 5.95 Å². The molecule has 0 spiro atoms. The van der Waals surface area contributed by atoms with E-state index in [4.69, 9.17) is 11.6 Å². The number of fused-ring (bicyclic) bond motifs is 1. The average molecular weight is 263 g/mol. The zero-order valence-corrected chi connectivity index (χ0v) is 10.5. The van der Waals surface area contributed by atoms with Gasteiger partial charge in [0, 0.05) is 31.5 Å². The normalized spacial score (nSPS) is 11.0. The largest absolute Gasteiger partial charge is 0.349 e. The van der Waals surface area contributed by atoms with Crippen LogP contribution in [-0.2, 0) is 13.6 Å². The predicted molar refractivity (Wildman–Crippen MR) is 68.5 cm³/mol. The van der Waals surface area contributed by atoms with Crippen molar-refractivity contribution in [3.8, 4) is 0 Å². The second kappa shape index (κ2) is 4.30. The summed E-state index contributed by atoms with van der Waals surface area (Å²) in [5.74, 6) is 0.570. The van der Waals surface area contributed by atoms with Crippen LogP contribution in [0.3, 0.4) is 0 Å². The molecule has 0 atom stereocenters. The second-order valence-corrected chi connectivity index (χ2v) is 4.40. The van der Waals surface area contributed by atoms with Crippen molar-refractivity contribution in [1.82, 2.24) is 24.4 Å². The Hall–Kier alpha value is -2.08. The molecule has 3 aromatic rings. The smallest absolute Gasteiger partial charge is 0.243 e. The lowest BCUT2D eigenvalue weighted by Gasteiger charge is -1.96. The predicted octanol–water partition coefficient (Wildman–Crippen LogP) is 1.73. The van der Waals surface area contributed by atoms with Crippen molar-refractivity contribution in [3.05, 3.63) is 41.3 Å². The highest BCUT2D eigenvalue weighted by Gasteiger charge is 2.04. The van der Waals surface area contributed by atoms with Crippen LogP contribution < -0.4 is 5.32 Å². The molecule has 18 heavy (non-hydrogen) atoms. The number of aromatic nitrogens is 5. The molecule has 3 aromatic heterocycles. The van der Waals surface area contributed by atoms with Crippen molar-refractivity contribution >= 4 is 23.2 Å². The molecule has 0 aliphatic heterocycles. The minimum Gasteiger partial charge on any atom is -0.349 e. The number of pyridine rings is 1. The summed E-state index contributed by atoms with van der Waals surface area (Å²) < 4.78 is 3.40. The molecular formula is C11H11ClN6. The van der Waals surface area contributed by atoms with Crippen LogP contribution in [0, 0.1) is 0 Å². The first kappa shape index (κ1) is 11.0. The molecule has 92 valence electrons. The summed E-state index contributed by atoms with van der Waals surface area (Å²) in [4.78, 5) is 4.33. The first-order valence-corrected chi connectivity index (χ1v) is 5.82. The molecule has 0 radical (unpaired) electrons. The van der Waals surface area contributed by atoms with Crippen molar-refractivity contribution in [2.75, 3.05) is 5.32 Å². The van der Waals surface area contributed by atoms with E-state index in [-0.39, 0.29) is 0 Å². The number of nitrogens with one attached hydrogen (secondary N) is 1. The lowest BCUT2D eigenvalue weighted by Crippen LogP contribution is -2.00. The molecule has 0 bridgehead atoms. The average Bonchev–Trinajstić information content (AvgIpc) is 2.92. The van der Waals surface area contributed by atoms with E-state index in [0.29, 0.717) is 17.5 Å². The topological polar surface area (TPSA) is 60.0 Å². The number of anilines is 1. The van der Waals surface area contributed by atoms with Gasteiger partial charge in [-0.15, -0.1) is 5.10 Å². The summed E-state index contributed by atoms with van der Waals surface area (Å²) in [6.07, 6.45) is 5.47. The zero-order chi connectivity index (χ0) is 12.5. The minimum atomic E-state index is 0.570. The molecular weight excluding hydrogens is 252 g/mol. The number of aryl methyl sites for hydroxylation is 1. The first-order chi connectivity index (χ1) is 8.70. The Morgan fingerprint density at radius 2 is 2.22 bits per heavy atom. The van der Waals surface area contributed by atoms with E-state index in [1.807, 2.05) is 19.3 Å². The summed E-state index contributed by atoms with van der Waals surface area (Å²) in [5.41, 5.74) is 1.84. The molecule has 0 saturated heterocycles. The summed E-state index contributed by atoms with van der Waals surface area (Å²) in [6.45, 7) is 0.637. The Kier molecular flexibility index (Phi) is 2.64. The third kappa shape index (κ3) is 2.14. The van der Waals surface area contributed by atoms with Crippen molar-refractivity contribution in [1.29, 1.82) is 0 Å². The van der Waals surface area contributed by atoms with Gasteiger partial charge in [-0.3, -0.25) is 4.68 Å². The van der Waals surface area contributed by atoms with Gasteiger partial charge in [-0.2, -0.15) is 10.1 Å². The number of halogens is 1. The van der Waals surface area contributed by atoms with Gasteiger partial charge >= 0.3 is 0 Å². The van der Waals surface area contributed by atoms with Gasteiger partial charge in [-0.05, 0) is 12.1 Å². The Morgan fingerprint density at radius 3 is 3.00 bits per heavy atom. The van der Waals surface area contributed by atoms with E-state index >= 15 is 0 Å². The van der Waals surface area contributed by atoms with Crippen LogP contribution in [0.25, 0.3) is 5.65 Å².